The number of piperazine rings is 1. The van der Waals surface area contributed by atoms with Crippen molar-refractivity contribution in [2.45, 2.75) is 13.0 Å². The lowest BCUT2D eigenvalue weighted by Crippen LogP contribution is -2.50. The molecule has 2 amide bonds. The molecule has 0 aliphatic carbocycles. The first-order valence-corrected chi connectivity index (χ1v) is 10.8. The molecule has 174 valence electrons. The number of benzene rings is 2. The molecule has 0 radical (unpaired) electrons. The largest absolute Gasteiger partial charge is 0.497 e. The van der Waals surface area contributed by atoms with Crippen LogP contribution in [0, 0.1) is 0 Å². The summed E-state index contributed by atoms with van der Waals surface area (Å²) in [4.78, 5) is 40.6. The molecular weight excluding hydrogens is 422 g/mol. The monoisotopic (exact) mass is 451 g/mol. The SMILES string of the molecule is COc1ccc(/C=C/C(=O)NC(C)C(=O)OCC(=O)N2CCN(c3ccccc3)CC2)cc1. The summed E-state index contributed by atoms with van der Waals surface area (Å²) < 4.78 is 10.2. The van der Waals surface area contributed by atoms with Gasteiger partial charge in [0.1, 0.15) is 11.8 Å². The van der Waals surface area contributed by atoms with E-state index in [-0.39, 0.29) is 12.5 Å². The van der Waals surface area contributed by atoms with Gasteiger partial charge in [-0.05, 0) is 42.8 Å². The van der Waals surface area contributed by atoms with Crippen LogP contribution in [-0.2, 0) is 19.1 Å². The number of anilines is 1. The minimum absolute atomic E-state index is 0.242. The van der Waals surface area contributed by atoms with Gasteiger partial charge in [-0.15, -0.1) is 0 Å². The molecule has 0 spiro atoms. The number of para-hydroxylation sites is 1. The normalized spacial score (nSPS) is 14.6. The Kier molecular flexibility index (Phi) is 8.46. The third-order valence-corrected chi connectivity index (χ3v) is 5.35. The van der Waals surface area contributed by atoms with Crippen LogP contribution in [0.4, 0.5) is 5.69 Å². The number of ether oxygens (including phenoxy) is 2. The van der Waals surface area contributed by atoms with E-state index in [0.29, 0.717) is 13.1 Å². The highest BCUT2D eigenvalue weighted by molar-refractivity contribution is 5.94. The molecule has 0 bridgehead atoms. The number of rotatable bonds is 8. The molecule has 33 heavy (non-hydrogen) atoms. The zero-order valence-corrected chi connectivity index (χ0v) is 18.9. The molecule has 3 rings (SSSR count). The average Bonchev–Trinajstić information content (AvgIpc) is 2.86. The summed E-state index contributed by atoms with van der Waals surface area (Å²) in [5.74, 6) is -0.606. The molecule has 0 saturated carbocycles. The molecule has 2 aromatic rings. The van der Waals surface area contributed by atoms with E-state index in [0.717, 1.165) is 30.1 Å². The van der Waals surface area contributed by atoms with Gasteiger partial charge in [0, 0.05) is 37.9 Å². The molecule has 1 atom stereocenters. The van der Waals surface area contributed by atoms with Crippen molar-refractivity contribution in [1.29, 1.82) is 0 Å². The minimum Gasteiger partial charge on any atom is -0.497 e. The van der Waals surface area contributed by atoms with Gasteiger partial charge in [0.25, 0.3) is 5.91 Å². The summed E-state index contributed by atoms with van der Waals surface area (Å²) in [5.41, 5.74) is 1.95. The fraction of sp³-hybridized carbons (Fsp3) is 0.320. The van der Waals surface area contributed by atoms with Gasteiger partial charge in [-0.1, -0.05) is 30.3 Å². The maximum atomic E-state index is 12.4. The summed E-state index contributed by atoms with van der Waals surface area (Å²) in [6.07, 6.45) is 2.97. The van der Waals surface area contributed by atoms with Crippen LogP contribution in [0.1, 0.15) is 12.5 Å². The molecule has 1 N–H and O–H groups in total. The Balaban J connectivity index is 1.38. The van der Waals surface area contributed by atoms with Crippen LogP contribution in [0.5, 0.6) is 5.75 Å². The number of hydrogen-bond donors (Lipinski definition) is 1. The van der Waals surface area contributed by atoms with E-state index >= 15 is 0 Å². The number of nitrogens with one attached hydrogen (secondary N) is 1. The zero-order chi connectivity index (χ0) is 23.6. The van der Waals surface area contributed by atoms with Crippen LogP contribution >= 0.6 is 0 Å². The number of carbonyl (C=O) groups is 3. The third-order valence-electron chi connectivity index (χ3n) is 5.35. The van der Waals surface area contributed by atoms with Gasteiger partial charge in [0.05, 0.1) is 7.11 Å². The van der Waals surface area contributed by atoms with Crippen LogP contribution < -0.4 is 15.0 Å². The van der Waals surface area contributed by atoms with E-state index in [1.54, 1.807) is 30.2 Å². The number of methoxy groups -OCH3 is 1. The highest BCUT2D eigenvalue weighted by Crippen LogP contribution is 2.15. The third kappa shape index (κ3) is 7.10. The first kappa shape index (κ1) is 23.8. The fourth-order valence-electron chi connectivity index (χ4n) is 3.41. The molecule has 1 saturated heterocycles. The zero-order valence-electron chi connectivity index (χ0n) is 18.9. The molecule has 2 aromatic carbocycles. The lowest BCUT2D eigenvalue weighted by molar-refractivity contribution is -0.154. The lowest BCUT2D eigenvalue weighted by Gasteiger charge is -2.36. The molecule has 8 nitrogen and oxygen atoms in total. The van der Waals surface area contributed by atoms with Crippen molar-refractivity contribution in [3.8, 4) is 5.75 Å². The standard InChI is InChI=1S/C25H29N3O5/c1-19(26-23(29)13-10-20-8-11-22(32-2)12-9-20)25(31)33-18-24(30)28-16-14-27(15-17-28)21-6-4-3-5-7-21/h3-13,19H,14-18H2,1-2H3,(H,26,29)/b13-10+. The fourth-order valence-corrected chi connectivity index (χ4v) is 3.41. The van der Waals surface area contributed by atoms with Gasteiger partial charge in [-0.2, -0.15) is 0 Å². The van der Waals surface area contributed by atoms with Crippen LogP contribution in [-0.4, -0.2) is 68.6 Å². The molecule has 1 aliphatic rings. The molecule has 1 unspecified atom stereocenters. The van der Waals surface area contributed by atoms with Crippen molar-refractivity contribution >= 4 is 29.5 Å². The highest BCUT2D eigenvalue weighted by atomic mass is 16.5. The quantitative estimate of drug-likeness (QED) is 0.489. The molecular formula is C25H29N3O5. The number of esters is 1. The Morgan fingerprint density at radius 1 is 1.00 bits per heavy atom. The highest BCUT2D eigenvalue weighted by Gasteiger charge is 2.23. The summed E-state index contributed by atoms with van der Waals surface area (Å²) in [7, 11) is 1.58. The van der Waals surface area contributed by atoms with Crippen LogP contribution in [0.25, 0.3) is 6.08 Å². The van der Waals surface area contributed by atoms with Gasteiger partial charge in [-0.25, -0.2) is 4.79 Å². The van der Waals surface area contributed by atoms with Crippen LogP contribution in [0.3, 0.4) is 0 Å². The van der Waals surface area contributed by atoms with Crippen molar-refractivity contribution in [2.24, 2.45) is 0 Å². The van der Waals surface area contributed by atoms with Gasteiger partial charge >= 0.3 is 5.97 Å². The summed E-state index contributed by atoms with van der Waals surface area (Å²) in [6.45, 7) is 3.74. The van der Waals surface area contributed by atoms with Crippen molar-refractivity contribution in [2.75, 3.05) is 44.8 Å². The van der Waals surface area contributed by atoms with E-state index in [9.17, 15) is 14.4 Å². The van der Waals surface area contributed by atoms with Crippen molar-refractivity contribution < 1.29 is 23.9 Å². The number of carbonyl (C=O) groups excluding carboxylic acids is 3. The van der Waals surface area contributed by atoms with E-state index < -0.39 is 17.9 Å². The summed E-state index contributed by atoms with van der Waals surface area (Å²) in [5, 5.41) is 2.54. The molecule has 1 aliphatic heterocycles. The second kappa shape index (κ2) is 11.7. The van der Waals surface area contributed by atoms with Gasteiger partial charge in [0.15, 0.2) is 6.61 Å². The maximum absolute atomic E-state index is 12.4. The Morgan fingerprint density at radius 2 is 1.67 bits per heavy atom. The Labute approximate surface area is 193 Å². The van der Waals surface area contributed by atoms with Crippen molar-refractivity contribution in [3.63, 3.8) is 0 Å². The lowest BCUT2D eigenvalue weighted by atomic mass is 10.2. The molecule has 8 heteroatoms. The maximum Gasteiger partial charge on any atom is 0.328 e. The number of amides is 2. The number of nitrogens with zero attached hydrogens (tertiary/aromatic N) is 2. The molecule has 1 fully saturated rings. The van der Waals surface area contributed by atoms with Gasteiger partial charge < -0.3 is 24.6 Å². The van der Waals surface area contributed by atoms with Gasteiger partial charge in [0.2, 0.25) is 5.91 Å². The van der Waals surface area contributed by atoms with Crippen LogP contribution in [0.2, 0.25) is 0 Å². The molecule has 1 heterocycles. The summed E-state index contributed by atoms with van der Waals surface area (Å²) >= 11 is 0. The number of hydrogen-bond acceptors (Lipinski definition) is 6. The van der Waals surface area contributed by atoms with Gasteiger partial charge in [-0.3, -0.25) is 9.59 Å². The second-order valence-electron chi connectivity index (χ2n) is 7.65. The first-order valence-electron chi connectivity index (χ1n) is 10.8. The van der Waals surface area contributed by atoms with E-state index in [4.69, 9.17) is 9.47 Å². The Morgan fingerprint density at radius 3 is 2.30 bits per heavy atom. The predicted molar refractivity (Wildman–Crippen MR) is 126 cm³/mol. The predicted octanol–water partition coefficient (Wildman–Crippen LogP) is 2.11. The van der Waals surface area contributed by atoms with Crippen LogP contribution in [0.15, 0.2) is 60.7 Å². The van der Waals surface area contributed by atoms with Crippen molar-refractivity contribution in [3.05, 3.63) is 66.2 Å². The Hall–Kier alpha value is -3.81. The second-order valence-corrected chi connectivity index (χ2v) is 7.65. The first-order chi connectivity index (χ1) is 16.0. The topological polar surface area (TPSA) is 88.2 Å². The molecule has 0 aromatic heterocycles. The smallest absolute Gasteiger partial charge is 0.328 e. The van der Waals surface area contributed by atoms with E-state index in [1.165, 1.54) is 13.0 Å². The minimum atomic E-state index is -0.874. The van der Waals surface area contributed by atoms with Crippen molar-refractivity contribution in [1.82, 2.24) is 10.2 Å². The average molecular weight is 452 g/mol. The van der Waals surface area contributed by atoms with E-state index in [1.807, 2.05) is 42.5 Å². The summed E-state index contributed by atoms with van der Waals surface area (Å²) in [6, 6.07) is 16.4. The van der Waals surface area contributed by atoms with E-state index in [2.05, 4.69) is 10.2 Å². The Bertz CT molecular complexity index is 967.